The first kappa shape index (κ1) is 84.9. The maximum Gasteiger partial charge on any atom is 0.408 e. The number of hydrogen-bond donors (Lipinski definition) is 15. The highest BCUT2D eigenvalue weighted by Gasteiger charge is 2.32. The molecule has 111 heavy (non-hydrogen) atoms. The molecule has 39 heteroatoms. The van der Waals surface area contributed by atoms with Gasteiger partial charge < -0.3 is 82.2 Å². The van der Waals surface area contributed by atoms with Gasteiger partial charge in [-0.05, 0) is 163 Å². The molecule has 4 aromatic heterocycles. The number of carboxylic acid groups (broad SMARTS) is 2. The summed E-state index contributed by atoms with van der Waals surface area (Å²) >= 11 is 0. The number of ether oxygens (including phenoxy) is 3. The minimum Gasteiger partial charge on any atom is -0.494 e. The van der Waals surface area contributed by atoms with E-state index in [1.807, 2.05) is 0 Å². The first-order chi connectivity index (χ1) is 52.8. The predicted molar refractivity (Wildman–Crippen MR) is 407 cm³/mol. The van der Waals surface area contributed by atoms with Crippen molar-refractivity contribution in [1.29, 1.82) is 0 Å². The fourth-order valence-corrected chi connectivity index (χ4v) is 15.0. The SMILES string of the molecule is Cc1cc(OCCCC(=O)NCCNC(=O)CCC(NC(=O)OC(C)(C)C)C(=O)NCCNC(=O)CCCOc2cc(C)c(S(=O)(=O)N[C@H](CNC(=O)c3ccc4c(cnn4CCCNc4ncc[nH]4)c3)C(=O)O)c(C)c2)cc(C)c1S(=O)(=O)N[C@@H](CNC(=O)c1ccc2c(cnn2CCCNc2ncc[nH]2)c1)C(=O)O. The van der Waals surface area contributed by atoms with Crippen LogP contribution in [-0.4, -0.2) is 209 Å². The third-order valence-electron chi connectivity index (χ3n) is 16.8. The molecule has 0 radical (unpaired) electrons. The number of imidazole rings is 2. The second kappa shape index (κ2) is 40.1. The van der Waals surface area contributed by atoms with Crippen LogP contribution >= 0.6 is 0 Å². The lowest BCUT2D eigenvalue weighted by molar-refractivity contribution is -0.139. The Hall–Kier alpha value is -11.7. The number of fused-ring (bicyclic) bond motifs is 2. The molecule has 1 unspecified atom stereocenters. The lowest BCUT2D eigenvalue weighted by Crippen LogP contribution is -2.49. The number of carbonyl (C=O) groups excluding carboxylic acids is 7. The van der Waals surface area contributed by atoms with Gasteiger partial charge in [0.25, 0.3) is 11.8 Å². The van der Waals surface area contributed by atoms with E-state index in [1.54, 1.807) is 104 Å². The third-order valence-corrected chi connectivity index (χ3v) is 20.4. The van der Waals surface area contributed by atoms with E-state index in [0.29, 0.717) is 54.6 Å². The van der Waals surface area contributed by atoms with Crippen LogP contribution in [0.15, 0.2) is 108 Å². The summed E-state index contributed by atoms with van der Waals surface area (Å²) in [5.74, 6) is -4.28. The number of alkyl carbamates (subject to hydrolysis) is 1. The number of aliphatic carboxylic acids is 2. The van der Waals surface area contributed by atoms with Crippen molar-refractivity contribution in [3.05, 3.63) is 131 Å². The molecule has 0 saturated carbocycles. The number of amides is 7. The fourth-order valence-electron chi connectivity index (χ4n) is 11.7. The number of benzene rings is 4. The van der Waals surface area contributed by atoms with Crippen LogP contribution in [0.1, 0.15) is 115 Å². The zero-order valence-corrected chi connectivity index (χ0v) is 64.2. The van der Waals surface area contributed by atoms with Gasteiger partial charge in [0, 0.05) is 131 Å². The van der Waals surface area contributed by atoms with E-state index in [2.05, 4.69) is 87.4 Å². The number of carboxylic acids is 2. The summed E-state index contributed by atoms with van der Waals surface area (Å²) in [6.07, 6.45) is 10.7. The van der Waals surface area contributed by atoms with Crippen molar-refractivity contribution in [2.45, 2.75) is 146 Å². The molecule has 37 nitrogen and oxygen atoms in total. The van der Waals surface area contributed by atoms with Gasteiger partial charge in [-0.25, -0.2) is 31.6 Å². The van der Waals surface area contributed by atoms with Crippen LogP contribution in [0.3, 0.4) is 0 Å². The summed E-state index contributed by atoms with van der Waals surface area (Å²) in [7, 11) is -8.92. The van der Waals surface area contributed by atoms with Crippen molar-refractivity contribution in [2.24, 2.45) is 0 Å². The van der Waals surface area contributed by atoms with Gasteiger partial charge in [-0.2, -0.15) is 19.6 Å². The van der Waals surface area contributed by atoms with Crippen molar-refractivity contribution in [2.75, 3.05) is 76.2 Å². The molecule has 0 aliphatic rings. The first-order valence-corrected chi connectivity index (χ1v) is 38.8. The first-order valence-electron chi connectivity index (χ1n) is 35.8. The molecule has 0 aliphatic heterocycles. The molecule has 3 atom stereocenters. The van der Waals surface area contributed by atoms with E-state index in [9.17, 15) is 70.2 Å². The number of aryl methyl sites for hydroxylation is 6. The number of nitrogens with zero attached hydrogens (tertiary/aromatic N) is 6. The van der Waals surface area contributed by atoms with E-state index >= 15 is 0 Å². The number of nitrogens with one attached hydrogen (secondary N) is 13. The molecular weight excluding hydrogens is 1480 g/mol. The molecule has 7 amide bonds. The minimum atomic E-state index is -4.46. The Morgan fingerprint density at radius 2 is 0.919 bits per heavy atom. The van der Waals surface area contributed by atoms with E-state index in [1.165, 1.54) is 52.0 Å². The van der Waals surface area contributed by atoms with Crippen LogP contribution in [0.5, 0.6) is 11.5 Å². The standard InChI is InChI=1S/C72H95N19O18S2/c1-44-34-52(35-45(2)62(44)110(103,104)88-55(67(98)99)42-83-64(95)48-14-17-57-50(38-48)40-85-90(57)30-10-20-77-69-79-26-27-80-69)107-32-8-12-59(92)73-22-23-75-61(94)19-16-54(87-71(102)109-72(5,6)7)66(97)76-25-24-74-60(93)13-9-33-108-53-36-46(3)63(47(4)37-53)111(105,106)89-56(68(100)101)43-84-65(96)49-15-18-58-51(39-49)41-86-91(58)31-11-21-78-70-81-28-29-82-70/h14-15,17-18,26-29,34-41,54-56,88-89H,8-13,16,19-25,30-33,42-43H2,1-7H3,(H,73,92)(H,74,93)(H,75,94)(H,76,97)(H,83,95)(H,84,96)(H,87,102)(H,98,99)(H,100,101)(H2,77,79,80)(H2,78,81,82)/t54?,55-,56+/m0/s1. The van der Waals surface area contributed by atoms with Gasteiger partial charge in [-0.3, -0.25) is 47.7 Å². The zero-order valence-electron chi connectivity index (χ0n) is 62.5. The van der Waals surface area contributed by atoms with Gasteiger partial charge in [0.1, 0.15) is 35.2 Å². The molecule has 4 aromatic carbocycles. The highest BCUT2D eigenvalue weighted by Crippen LogP contribution is 2.29. The van der Waals surface area contributed by atoms with E-state index < -0.39 is 98.5 Å². The van der Waals surface area contributed by atoms with E-state index in [0.717, 1.165) is 23.9 Å². The van der Waals surface area contributed by atoms with Gasteiger partial charge in [0.15, 0.2) is 11.9 Å². The number of rotatable bonds is 45. The molecule has 4 heterocycles. The molecule has 0 aliphatic carbocycles. The lowest BCUT2D eigenvalue weighted by Gasteiger charge is -2.23. The summed E-state index contributed by atoms with van der Waals surface area (Å²) < 4.78 is 79.8. The minimum absolute atomic E-state index is 0.00549. The number of aromatic amines is 2. The fraction of sp³-hybridized carbons (Fsp3) is 0.431. The van der Waals surface area contributed by atoms with Crippen LogP contribution in [0.25, 0.3) is 21.8 Å². The second-order valence-corrected chi connectivity index (χ2v) is 30.2. The monoisotopic (exact) mass is 1580 g/mol. The number of anilines is 2. The van der Waals surface area contributed by atoms with Crippen molar-refractivity contribution < 1.29 is 84.4 Å². The number of H-pyrrole nitrogens is 2. The van der Waals surface area contributed by atoms with Crippen LogP contribution in [0.2, 0.25) is 0 Å². The molecule has 0 saturated heterocycles. The molecular formula is C72H95N19O18S2. The zero-order chi connectivity index (χ0) is 80.4. The van der Waals surface area contributed by atoms with Crippen LogP contribution < -0.4 is 66.8 Å². The Balaban J connectivity index is 0.686. The van der Waals surface area contributed by atoms with Crippen molar-refractivity contribution >= 4 is 107 Å². The second-order valence-electron chi connectivity index (χ2n) is 26.9. The molecule has 598 valence electrons. The molecule has 8 rings (SSSR count). The number of aromatic nitrogens is 8. The average molecular weight is 1580 g/mol. The Morgan fingerprint density at radius 1 is 0.514 bits per heavy atom. The quantitative estimate of drug-likeness (QED) is 0.0243. The van der Waals surface area contributed by atoms with Gasteiger partial charge in [-0.15, -0.1) is 0 Å². The summed E-state index contributed by atoms with van der Waals surface area (Å²) in [5.41, 5.74) is 2.05. The normalized spacial score (nSPS) is 12.4. The van der Waals surface area contributed by atoms with Crippen LogP contribution in [-0.2, 0) is 66.6 Å². The molecule has 0 spiro atoms. The van der Waals surface area contributed by atoms with Crippen molar-refractivity contribution in [3.63, 3.8) is 0 Å². The third kappa shape index (κ3) is 26.3. The van der Waals surface area contributed by atoms with E-state index in [-0.39, 0.29) is 139 Å². The largest absolute Gasteiger partial charge is 0.494 e. The highest BCUT2D eigenvalue weighted by atomic mass is 32.2. The Kier molecular flexibility index (Phi) is 30.7. The molecule has 15 N–H and O–H groups in total. The van der Waals surface area contributed by atoms with Gasteiger partial charge in [-0.1, -0.05) is 0 Å². The van der Waals surface area contributed by atoms with Crippen LogP contribution in [0, 0.1) is 27.7 Å². The van der Waals surface area contributed by atoms with Crippen LogP contribution in [0.4, 0.5) is 16.7 Å². The number of sulfonamides is 2. The Morgan fingerprint density at radius 3 is 1.31 bits per heavy atom. The summed E-state index contributed by atoms with van der Waals surface area (Å²) in [4.78, 5) is 129. The highest BCUT2D eigenvalue weighted by molar-refractivity contribution is 7.90. The van der Waals surface area contributed by atoms with Gasteiger partial charge in [0.2, 0.25) is 43.7 Å². The molecule has 0 bridgehead atoms. The smallest absolute Gasteiger partial charge is 0.408 e. The average Bonchev–Trinajstić information content (AvgIpc) is 1.51. The molecule has 8 aromatic rings. The Labute approximate surface area is 640 Å². The molecule has 0 fully saturated rings. The Bertz CT molecular complexity index is 4770. The van der Waals surface area contributed by atoms with Crippen molar-refractivity contribution in [3.8, 4) is 11.5 Å². The number of carbonyl (C=O) groups is 9. The maximum atomic E-state index is 13.7. The summed E-state index contributed by atoms with van der Waals surface area (Å²) in [6, 6.07) is 11.0. The van der Waals surface area contributed by atoms with E-state index in [4.69, 9.17) is 14.2 Å². The van der Waals surface area contributed by atoms with Crippen molar-refractivity contribution in [1.82, 2.24) is 86.2 Å². The maximum absolute atomic E-state index is 13.7. The lowest BCUT2D eigenvalue weighted by atomic mass is 10.1. The topological polar surface area (TPSA) is 515 Å². The summed E-state index contributed by atoms with van der Waals surface area (Å²) in [5, 5.41) is 54.7. The predicted octanol–water partition coefficient (Wildman–Crippen LogP) is 3.55. The van der Waals surface area contributed by atoms with Gasteiger partial charge in [0.05, 0.1) is 46.4 Å². The number of hydrogen-bond acceptors (Lipinski definition) is 22. The summed E-state index contributed by atoms with van der Waals surface area (Å²) in [6.45, 7) is 12.4. The van der Waals surface area contributed by atoms with Gasteiger partial charge >= 0.3 is 18.0 Å².